The van der Waals surface area contributed by atoms with Crippen molar-refractivity contribution in [3.05, 3.63) is 0 Å². The van der Waals surface area contributed by atoms with Crippen LogP contribution in [-0.2, 0) is 4.79 Å². The van der Waals surface area contributed by atoms with Crippen molar-refractivity contribution in [1.82, 2.24) is 10.2 Å². The third-order valence-electron chi connectivity index (χ3n) is 2.49. The molecule has 0 unspecified atom stereocenters. The fourth-order valence-corrected chi connectivity index (χ4v) is 2.40. The Morgan fingerprint density at radius 1 is 1.11 bits per heavy atom. The lowest BCUT2D eigenvalue weighted by Crippen LogP contribution is -2.60. The first-order valence-corrected chi connectivity index (χ1v) is 7.81. The van der Waals surface area contributed by atoms with Crippen molar-refractivity contribution in [1.29, 1.82) is 0 Å². The average molecular weight is 287 g/mol. The fourth-order valence-electron chi connectivity index (χ4n) is 2.10. The normalized spacial score (nSPS) is 13.7. The number of carbonyl (C=O) groups excluding carboxylic acids is 1. The molecule has 1 amide bonds. The van der Waals surface area contributed by atoms with E-state index in [-0.39, 0.29) is 22.9 Å². The Kier molecular flexibility index (Phi) is 6.39. The first-order valence-electron chi connectivity index (χ1n) is 6.63. The van der Waals surface area contributed by atoms with E-state index in [0.717, 1.165) is 0 Å². The van der Waals surface area contributed by atoms with Crippen LogP contribution in [0.15, 0.2) is 4.40 Å². The number of amides is 1. The summed E-state index contributed by atoms with van der Waals surface area (Å²) in [6.45, 7) is 16.5. The molecule has 0 atom stereocenters. The molecule has 0 aliphatic heterocycles. The largest absolute Gasteiger partial charge is 0.332 e. The van der Waals surface area contributed by atoms with Crippen LogP contribution >= 0.6 is 11.9 Å². The second-order valence-electron chi connectivity index (χ2n) is 6.92. The zero-order chi connectivity index (χ0) is 15.4. The lowest BCUT2D eigenvalue weighted by molar-refractivity contribution is -0.122. The van der Waals surface area contributed by atoms with E-state index >= 15 is 0 Å². The zero-order valence-corrected chi connectivity index (χ0v) is 14.6. The summed E-state index contributed by atoms with van der Waals surface area (Å²) in [6.07, 6.45) is 1.89. The SMILES string of the molecule is CSN=C(NC(=O)C(C)C)N(C(C)(C)C)C(C)(C)C. The molecule has 0 aromatic rings. The number of carbonyl (C=O) groups is 1. The molecule has 0 rings (SSSR count). The number of hydrogen-bond acceptors (Lipinski definition) is 3. The minimum absolute atomic E-state index is 0.00806. The molecule has 112 valence electrons. The van der Waals surface area contributed by atoms with Crippen molar-refractivity contribution in [2.75, 3.05) is 6.26 Å². The highest BCUT2D eigenvalue weighted by molar-refractivity contribution is 7.97. The Hall–Kier alpha value is -0.710. The quantitative estimate of drug-likeness (QED) is 0.481. The van der Waals surface area contributed by atoms with E-state index in [1.165, 1.54) is 11.9 Å². The summed E-state index contributed by atoms with van der Waals surface area (Å²) in [7, 11) is 0. The molecule has 0 bridgehead atoms. The predicted octanol–water partition coefficient (Wildman–Crippen LogP) is 3.29. The van der Waals surface area contributed by atoms with Crippen molar-refractivity contribution in [3.63, 3.8) is 0 Å². The van der Waals surface area contributed by atoms with Gasteiger partial charge in [-0.05, 0) is 53.5 Å². The van der Waals surface area contributed by atoms with Gasteiger partial charge in [-0.1, -0.05) is 13.8 Å². The van der Waals surface area contributed by atoms with Gasteiger partial charge in [0.1, 0.15) is 0 Å². The topological polar surface area (TPSA) is 44.7 Å². The highest BCUT2D eigenvalue weighted by atomic mass is 32.2. The third kappa shape index (κ3) is 5.85. The van der Waals surface area contributed by atoms with Crippen LogP contribution in [0.1, 0.15) is 55.4 Å². The van der Waals surface area contributed by atoms with Crippen molar-refractivity contribution in [2.45, 2.75) is 66.5 Å². The van der Waals surface area contributed by atoms with E-state index in [1.807, 2.05) is 20.1 Å². The van der Waals surface area contributed by atoms with Crippen LogP contribution in [0, 0.1) is 5.92 Å². The smallest absolute Gasteiger partial charge is 0.229 e. The fraction of sp³-hybridized carbons (Fsp3) is 0.857. The highest BCUT2D eigenvalue weighted by Crippen LogP contribution is 2.25. The molecule has 5 heteroatoms. The second-order valence-corrected chi connectivity index (χ2v) is 7.47. The highest BCUT2D eigenvalue weighted by Gasteiger charge is 2.35. The lowest BCUT2D eigenvalue weighted by Gasteiger charge is -2.47. The maximum Gasteiger partial charge on any atom is 0.229 e. The van der Waals surface area contributed by atoms with Crippen LogP contribution in [-0.4, -0.2) is 34.1 Å². The lowest BCUT2D eigenvalue weighted by atomic mass is 9.96. The van der Waals surface area contributed by atoms with E-state index in [2.05, 4.69) is 56.2 Å². The first kappa shape index (κ1) is 18.3. The van der Waals surface area contributed by atoms with Gasteiger partial charge >= 0.3 is 0 Å². The van der Waals surface area contributed by atoms with Gasteiger partial charge in [0.2, 0.25) is 11.9 Å². The molecule has 0 saturated carbocycles. The molecule has 0 fully saturated rings. The number of nitrogens with one attached hydrogen (secondary N) is 1. The monoisotopic (exact) mass is 287 g/mol. The number of rotatable bonds is 2. The van der Waals surface area contributed by atoms with Crippen LogP contribution in [0.5, 0.6) is 0 Å². The molecule has 0 aromatic heterocycles. The van der Waals surface area contributed by atoms with E-state index in [4.69, 9.17) is 0 Å². The van der Waals surface area contributed by atoms with Gasteiger partial charge in [0.15, 0.2) is 0 Å². The summed E-state index contributed by atoms with van der Waals surface area (Å²) in [5.41, 5.74) is -0.256. The maximum absolute atomic E-state index is 12.0. The number of hydrogen-bond donors (Lipinski definition) is 1. The summed E-state index contributed by atoms with van der Waals surface area (Å²) in [6, 6.07) is 0. The summed E-state index contributed by atoms with van der Waals surface area (Å²) in [5.74, 6) is 0.561. The number of nitrogens with zero attached hydrogens (tertiary/aromatic N) is 2. The van der Waals surface area contributed by atoms with Gasteiger partial charge in [0, 0.05) is 23.3 Å². The summed E-state index contributed by atoms with van der Waals surface area (Å²) in [4.78, 5) is 14.1. The minimum atomic E-state index is -0.128. The molecule has 0 aliphatic rings. The zero-order valence-electron chi connectivity index (χ0n) is 13.8. The summed E-state index contributed by atoms with van der Waals surface area (Å²) >= 11 is 1.36. The molecule has 0 aliphatic carbocycles. The Labute approximate surface area is 122 Å². The van der Waals surface area contributed by atoms with E-state index < -0.39 is 0 Å². The van der Waals surface area contributed by atoms with Crippen LogP contribution in [0.2, 0.25) is 0 Å². The number of guanidine groups is 1. The molecule has 4 nitrogen and oxygen atoms in total. The van der Waals surface area contributed by atoms with Gasteiger partial charge in [0.05, 0.1) is 0 Å². The summed E-state index contributed by atoms with van der Waals surface area (Å²) in [5, 5.41) is 2.95. The third-order valence-corrected chi connectivity index (χ3v) is 2.85. The molecule has 0 heterocycles. The van der Waals surface area contributed by atoms with E-state index in [9.17, 15) is 4.79 Å². The molecule has 0 saturated heterocycles. The molecule has 0 aromatic carbocycles. The molecule has 19 heavy (non-hydrogen) atoms. The molecule has 0 radical (unpaired) electrons. The van der Waals surface area contributed by atoms with Crippen LogP contribution in [0.4, 0.5) is 0 Å². The van der Waals surface area contributed by atoms with Gasteiger partial charge in [-0.2, -0.15) is 4.40 Å². The van der Waals surface area contributed by atoms with Gasteiger partial charge in [0.25, 0.3) is 0 Å². The Bertz CT molecular complexity index is 324. The van der Waals surface area contributed by atoms with Crippen molar-refractivity contribution < 1.29 is 4.79 Å². The van der Waals surface area contributed by atoms with Crippen molar-refractivity contribution in [3.8, 4) is 0 Å². The Morgan fingerprint density at radius 2 is 1.53 bits per heavy atom. The van der Waals surface area contributed by atoms with E-state index in [0.29, 0.717) is 5.96 Å². The first-order chi connectivity index (χ1) is 8.41. The molecule has 1 N–H and O–H groups in total. The van der Waals surface area contributed by atoms with Crippen molar-refractivity contribution >= 4 is 23.8 Å². The Morgan fingerprint density at radius 3 is 1.79 bits per heavy atom. The van der Waals surface area contributed by atoms with Crippen LogP contribution in [0.3, 0.4) is 0 Å². The van der Waals surface area contributed by atoms with Crippen molar-refractivity contribution in [2.24, 2.45) is 10.3 Å². The standard InChI is InChI=1S/C14H29N3OS/c1-10(2)11(18)15-12(16-19-9)17(13(3,4)5)14(6,7)8/h10H,1-9H3,(H,15,16,18). The molecular weight excluding hydrogens is 258 g/mol. The Balaban J connectivity index is 5.45. The second kappa shape index (κ2) is 6.64. The van der Waals surface area contributed by atoms with Gasteiger partial charge < -0.3 is 4.90 Å². The van der Waals surface area contributed by atoms with Gasteiger partial charge in [-0.15, -0.1) is 0 Å². The molecule has 0 spiro atoms. The molecular formula is C14H29N3OS. The average Bonchev–Trinajstić information content (AvgIpc) is 2.12. The van der Waals surface area contributed by atoms with Gasteiger partial charge in [-0.3, -0.25) is 10.1 Å². The predicted molar refractivity (Wildman–Crippen MR) is 85.3 cm³/mol. The minimum Gasteiger partial charge on any atom is -0.332 e. The van der Waals surface area contributed by atoms with Gasteiger partial charge in [-0.25, -0.2) is 0 Å². The van der Waals surface area contributed by atoms with Crippen LogP contribution < -0.4 is 5.32 Å². The summed E-state index contributed by atoms with van der Waals surface area (Å²) < 4.78 is 4.41. The van der Waals surface area contributed by atoms with Crippen LogP contribution in [0.25, 0.3) is 0 Å². The maximum atomic E-state index is 12.0. The van der Waals surface area contributed by atoms with E-state index in [1.54, 1.807) is 0 Å².